The van der Waals surface area contributed by atoms with E-state index in [0.717, 1.165) is 10.0 Å². The quantitative estimate of drug-likeness (QED) is 0.239. The second-order valence-corrected chi connectivity index (χ2v) is 7.00. The van der Waals surface area contributed by atoms with E-state index >= 15 is 0 Å². The van der Waals surface area contributed by atoms with E-state index in [9.17, 15) is 20.2 Å². The Bertz CT molecular complexity index is 1160. The van der Waals surface area contributed by atoms with Crippen molar-refractivity contribution < 1.29 is 14.1 Å². The van der Waals surface area contributed by atoms with Gasteiger partial charge in [-0.15, -0.1) is 0 Å². The van der Waals surface area contributed by atoms with Crippen LogP contribution in [0.25, 0.3) is 17.4 Å². The Hall–Kier alpha value is -3.70. The van der Waals surface area contributed by atoms with Crippen molar-refractivity contribution in [2.75, 3.05) is 5.32 Å². The van der Waals surface area contributed by atoms with Gasteiger partial charge in [0.1, 0.15) is 23.2 Å². The third kappa shape index (κ3) is 4.78. The number of benzene rings is 2. The molecule has 0 spiro atoms. The van der Waals surface area contributed by atoms with Crippen LogP contribution in [-0.2, 0) is 4.79 Å². The Kier molecular flexibility index (Phi) is 5.90. The monoisotopic (exact) mass is 451 g/mol. The summed E-state index contributed by atoms with van der Waals surface area (Å²) in [7, 11) is 0. The number of nitro benzene ring substituents is 1. The zero-order chi connectivity index (χ0) is 21.0. The number of nitrogens with zero attached hydrogens (tertiary/aromatic N) is 2. The van der Waals surface area contributed by atoms with Gasteiger partial charge in [-0.3, -0.25) is 14.9 Å². The smallest absolute Gasteiger partial charge is 0.269 e. The number of anilines is 1. The fourth-order valence-electron chi connectivity index (χ4n) is 2.58. The molecule has 29 heavy (non-hydrogen) atoms. The molecule has 1 heterocycles. The van der Waals surface area contributed by atoms with Gasteiger partial charge in [0.05, 0.1) is 4.92 Å². The fourth-order valence-corrected chi connectivity index (χ4v) is 2.85. The van der Waals surface area contributed by atoms with Crippen LogP contribution in [0.1, 0.15) is 11.3 Å². The van der Waals surface area contributed by atoms with Crippen LogP contribution in [0, 0.1) is 28.4 Å². The molecule has 144 valence electrons. The van der Waals surface area contributed by atoms with E-state index in [4.69, 9.17) is 4.42 Å². The predicted octanol–water partition coefficient (Wildman–Crippen LogP) is 5.47. The van der Waals surface area contributed by atoms with Gasteiger partial charge in [0.2, 0.25) is 0 Å². The maximum atomic E-state index is 12.5. The molecule has 0 atom stereocenters. The first-order valence-corrected chi connectivity index (χ1v) is 9.20. The molecule has 0 saturated carbocycles. The summed E-state index contributed by atoms with van der Waals surface area (Å²) in [6.45, 7) is 1.63. The van der Waals surface area contributed by atoms with E-state index in [1.807, 2.05) is 30.3 Å². The molecule has 8 heteroatoms. The second kappa shape index (κ2) is 8.54. The zero-order valence-corrected chi connectivity index (χ0v) is 16.8. The lowest BCUT2D eigenvalue weighted by Gasteiger charge is -2.07. The van der Waals surface area contributed by atoms with Crippen molar-refractivity contribution in [1.82, 2.24) is 0 Å². The number of non-ortho nitro benzene ring substituents is 1. The van der Waals surface area contributed by atoms with E-state index in [0.29, 0.717) is 22.8 Å². The fraction of sp³-hybridized carbons (Fsp3) is 0.0476. The van der Waals surface area contributed by atoms with Crippen molar-refractivity contribution >= 4 is 39.3 Å². The number of furan rings is 1. The molecular weight excluding hydrogens is 438 g/mol. The SMILES string of the molecule is Cc1cc([N+](=O)[O-])ccc1NC(=O)C(C#N)=Cc1ccc(-c2ccc(Br)cc2)o1. The van der Waals surface area contributed by atoms with Crippen LogP contribution in [0.15, 0.2) is 69.1 Å². The Morgan fingerprint density at radius 1 is 1.21 bits per heavy atom. The Labute approximate surface area is 174 Å². The Balaban J connectivity index is 1.80. The first kappa shape index (κ1) is 20.0. The summed E-state index contributed by atoms with van der Waals surface area (Å²) >= 11 is 3.37. The molecule has 0 aliphatic heterocycles. The maximum absolute atomic E-state index is 12.5. The molecule has 7 nitrogen and oxygen atoms in total. The standard InChI is InChI=1S/C21H14BrN3O4/c1-13-10-17(25(27)28)6-8-19(13)24-21(26)15(12-23)11-18-7-9-20(29-18)14-2-4-16(22)5-3-14/h2-11H,1H3,(H,24,26). The molecule has 2 aromatic carbocycles. The number of carbonyl (C=O) groups is 1. The van der Waals surface area contributed by atoms with Crippen molar-refractivity contribution in [1.29, 1.82) is 5.26 Å². The van der Waals surface area contributed by atoms with E-state index in [1.54, 1.807) is 19.1 Å². The van der Waals surface area contributed by atoms with E-state index in [-0.39, 0.29) is 11.3 Å². The molecule has 1 aromatic heterocycles. The summed E-state index contributed by atoms with van der Waals surface area (Å²) in [6, 6.07) is 16.9. The van der Waals surface area contributed by atoms with Gasteiger partial charge in [0.15, 0.2) is 0 Å². The van der Waals surface area contributed by atoms with Gasteiger partial charge in [-0.1, -0.05) is 28.1 Å². The number of hydrogen-bond acceptors (Lipinski definition) is 5. The highest BCUT2D eigenvalue weighted by Gasteiger charge is 2.14. The van der Waals surface area contributed by atoms with Crippen LogP contribution in [0.3, 0.4) is 0 Å². The average Bonchev–Trinajstić information content (AvgIpc) is 3.16. The van der Waals surface area contributed by atoms with Crippen molar-refractivity contribution in [2.24, 2.45) is 0 Å². The number of halogens is 1. The van der Waals surface area contributed by atoms with Gasteiger partial charge in [-0.25, -0.2) is 0 Å². The molecule has 3 aromatic rings. The lowest BCUT2D eigenvalue weighted by Crippen LogP contribution is -2.14. The van der Waals surface area contributed by atoms with E-state index < -0.39 is 10.8 Å². The number of nitriles is 1. The molecule has 0 fully saturated rings. The third-order valence-electron chi connectivity index (χ3n) is 4.08. The largest absolute Gasteiger partial charge is 0.457 e. The third-order valence-corrected chi connectivity index (χ3v) is 4.60. The molecule has 0 saturated heterocycles. The van der Waals surface area contributed by atoms with Gasteiger partial charge in [0, 0.05) is 33.9 Å². The molecule has 0 aliphatic rings. The molecule has 1 amide bonds. The summed E-state index contributed by atoms with van der Waals surface area (Å²) in [5.41, 5.74) is 1.53. The summed E-state index contributed by atoms with van der Waals surface area (Å²) < 4.78 is 6.65. The van der Waals surface area contributed by atoms with Crippen molar-refractivity contribution in [3.8, 4) is 17.4 Å². The van der Waals surface area contributed by atoms with Crippen LogP contribution in [-0.4, -0.2) is 10.8 Å². The Morgan fingerprint density at radius 2 is 1.93 bits per heavy atom. The van der Waals surface area contributed by atoms with Crippen LogP contribution in [0.4, 0.5) is 11.4 Å². The molecule has 0 bridgehead atoms. The lowest BCUT2D eigenvalue weighted by atomic mass is 10.1. The van der Waals surface area contributed by atoms with Crippen LogP contribution in [0.2, 0.25) is 0 Å². The maximum Gasteiger partial charge on any atom is 0.269 e. The predicted molar refractivity (Wildman–Crippen MR) is 112 cm³/mol. The number of amides is 1. The highest BCUT2D eigenvalue weighted by Crippen LogP contribution is 2.26. The summed E-state index contributed by atoms with van der Waals surface area (Å²) in [5.74, 6) is 0.328. The zero-order valence-electron chi connectivity index (χ0n) is 15.2. The van der Waals surface area contributed by atoms with Crippen LogP contribution in [0.5, 0.6) is 0 Å². The summed E-state index contributed by atoms with van der Waals surface area (Å²) in [5, 5.41) is 22.8. The molecule has 0 unspecified atom stereocenters. The average molecular weight is 452 g/mol. The summed E-state index contributed by atoms with van der Waals surface area (Å²) in [4.78, 5) is 22.8. The number of carbonyl (C=O) groups excluding carboxylic acids is 1. The second-order valence-electron chi connectivity index (χ2n) is 6.09. The van der Waals surface area contributed by atoms with Gasteiger partial charge in [0.25, 0.3) is 11.6 Å². The van der Waals surface area contributed by atoms with Gasteiger partial charge < -0.3 is 9.73 Å². The summed E-state index contributed by atoms with van der Waals surface area (Å²) in [6.07, 6.45) is 1.35. The Morgan fingerprint density at radius 3 is 2.55 bits per heavy atom. The number of nitro groups is 1. The van der Waals surface area contributed by atoms with Crippen LogP contribution < -0.4 is 5.32 Å². The number of hydrogen-bond donors (Lipinski definition) is 1. The number of rotatable bonds is 5. The highest BCUT2D eigenvalue weighted by atomic mass is 79.9. The van der Waals surface area contributed by atoms with Crippen molar-refractivity contribution in [3.63, 3.8) is 0 Å². The minimum atomic E-state index is -0.633. The van der Waals surface area contributed by atoms with Gasteiger partial charge in [-0.2, -0.15) is 5.26 Å². The van der Waals surface area contributed by atoms with Crippen LogP contribution >= 0.6 is 15.9 Å². The molecular formula is C21H14BrN3O4. The minimum absolute atomic E-state index is 0.0763. The van der Waals surface area contributed by atoms with E-state index in [1.165, 1.54) is 24.3 Å². The molecule has 1 N–H and O–H groups in total. The first-order chi connectivity index (χ1) is 13.9. The molecule has 3 rings (SSSR count). The number of aryl methyl sites for hydroxylation is 1. The topological polar surface area (TPSA) is 109 Å². The van der Waals surface area contributed by atoms with E-state index in [2.05, 4.69) is 21.2 Å². The highest BCUT2D eigenvalue weighted by molar-refractivity contribution is 9.10. The number of nitrogens with one attached hydrogen (secondary N) is 1. The molecule has 0 radical (unpaired) electrons. The normalized spacial score (nSPS) is 11.0. The lowest BCUT2D eigenvalue weighted by molar-refractivity contribution is -0.384. The minimum Gasteiger partial charge on any atom is -0.457 e. The molecule has 0 aliphatic carbocycles. The van der Waals surface area contributed by atoms with Crippen molar-refractivity contribution in [2.45, 2.75) is 6.92 Å². The van der Waals surface area contributed by atoms with Crippen molar-refractivity contribution in [3.05, 3.63) is 86.1 Å². The first-order valence-electron chi connectivity index (χ1n) is 8.41. The van der Waals surface area contributed by atoms with Gasteiger partial charge in [-0.05, 0) is 42.8 Å². The van der Waals surface area contributed by atoms with Gasteiger partial charge >= 0.3 is 0 Å².